The lowest BCUT2D eigenvalue weighted by atomic mass is 9.97. The van der Waals surface area contributed by atoms with Crippen LogP contribution in [0, 0.1) is 0 Å². The van der Waals surface area contributed by atoms with Crippen LogP contribution in [0.25, 0.3) is 20.5 Å². The Morgan fingerprint density at radius 3 is 2.28 bits per heavy atom. The molecule has 5 nitrogen and oxygen atoms in total. The molecule has 0 bridgehead atoms. The molecular formula is C40H46N2O3S. The van der Waals surface area contributed by atoms with Gasteiger partial charge in [-0.05, 0) is 122 Å². The molecule has 0 unspecified atom stereocenters. The quantitative estimate of drug-likeness (QED) is 0.115. The minimum absolute atomic E-state index is 0.552. The number of nitrogens with zero attached hydrogens (tertiary/aromatic N) is 2. The minimum atomic E-state index is 0.552. The van der Waals surface area contributed by atoms with Gasteiger partial charge in [0, 0.05) is 28.2 Å². The second-order valence-corrected chi connectivity index (χ2v) is 13.1. The molecule has 5 aromatic rings. The summed E-state index contributed by atoms with van der Waals surface area (Å²) in [6, 6.07) is 32.2. The van der Waals surface area contributed by atoms with E-state index in [1.165, 1.54) is 63.1 Å². The Labute approximate surface area is 278 Å². The van der Waals surface area contributed by atoms with Crippen molar-refractivity contribution in [2.45, 2.75) is 46.3 Å². The monoisotopic (exact) mass is 634 g/mol. The third-order valence-corrected chi connectivity index (χ3v) is 10.3. The molecule has 1 fully saturated rings. The molecule has 4 aromatic carbocycles. The van der Waals surface area contributed by atoms with Crippen molar-refractivity contribution in [1.82, 2.24) is 9.80 Å². The Morgan fingerprint density at radius 1 is 0.783 bits per heavy atom. The van der Waals surface area contributed by atoms with E-state index in [-0.39, 0.29) is 0 Å². The van der Waals surface area contributed by atoms with Gasteiger partial charge in [0.15, 0.2) is 0 Å². The predicted molar refractivity (Wildman–Crippen MR) is 192 cm³/mol. The summed E-state index contributed by atoms with van der Waals surface area (Å²) in [6.45, 7) is 12.0. The third-order valence-electron chi connectivity index (χ3n) is 9.02. The molecule has 6 heteroatoms. The Kier molecular flexibility index (Phi) is 10.9. The van der Waals surface area contributed by atoms with Crippen LogP contribution in [-0.2, 0) is 19.6 Å². The number of fused-ring (bicyclic) bond motifs is 1. The number of thiophene rings is 1. The third kappa shape index (κ3) is 7.92. The predicted octanol–water partition coefficient (Wildman–Crippen LogP) is 9.06. The van der Waals surface area contributed by atoms with Crippen molar-refractivity contribution in [1.29, 1.82) is 0 Å². The number of benzene rings is 4. The van der Waals surface area contributed by atoms with Crippen molar-refractivity contribution in [3.8, 4) is 27.7 Å². The van der Waals surface area contributed by atoms with Crippen LogP contribution < -0.4 is 14.2 Å². The molecule has 2 heterocycles. The number of methoxy groups -OCH3 is 1. The molecule has 240 valence electrons. The SMILES string of the molecule is CCN(CC)Cc1ccc(Cc2c(-c3ccc(OCCN4CCCC4)cc3)sc3cc(OCc4ccccc4)ccc23)cc1OC. The Hall–Kier alpha value is -3.84. The Morgan fingerprint density at radius 2 is 1.54 bits per heavy atom. The van der Waals surface area contributed by atoms with Crippen molar-refractivity contribution >= 4 is 21.4 Å². The molecule has 1 aliphatic rings. The second-order valence-electron chi connectivity index (χ2n) is 12.0. The lowest BCUT2D eigenvalue weighted by Crippen LogP contribution is -2.25. The molecule has 1 saturated heterocycles. The van der Waals surface area contributed by atoms with E-state index in [1.54, 1.807) is 7.11 Å². The van der Waals surface area contributed by atoms with Crippen molar-refractivity contribution in [3.05, 3.63) is 113 Å². The molecule has 0 amide bonds. The van der Waals surface area contributed by atoms with E-state index in [4.69, 9.17) is 14.2 Å². The van der Waals surface area contributed by atoms with Gasteiger partial charge in [0.2, 0.25) is 0 Å². The van der Waals surface area contributed by atoms with E-state index in [1.807, 2.05) is 17.4 Å². The first-order chi connectivity index (χ1) is 22.6. The summed E-state index contributed by atoms with van der Waals surface area (Å²) >= 11 is 1.83. The second kappa shape index (κ2) is 15.6. The highest BCUT2D eigenvalue weighted by atomic mass is 32.1. The first-order valence-electron chi connectivity index (χ1n) is 16.7. The average molecular weight is 635 g/mol. The van der Waals surface area contributed by atoms with Crippen molar-refractivity contribution < 1.29 is 14.2 Å². The Bertz CT molecular complexity index is 1690. The van der Waals surface area contributed by atoms with Crippen LogP contribution in [0.3, 0.4) is 0 Å². The summed E-state index contributed by atoms with van der Waals surface area (Å²) in [7, 11) is 1.78. The maximum atomic E-state index is 6.22. The van der Waals surface area contributed by atoms with Crippen LogP contribution in [-0.4, -0.2) is 56.2 Å². The minimum Gasteiger partial charge on any atom is -0.496 e. The maximum Gasteiger partial charge on any atom is 0.123 e. The van der Waals surface area contributed by atoms with Crippen LogP contribution in [0.2, 0.25) is 0 Å². The molecular weight excluding hydrogens is 589 g/mol. The van der Waals surface area contributed by atoms with E-state index in [0.717, 1.165) is 62.0 Å². The zero-order valence-corrected chi connectivity index (χ0v) is 28.3. The smallest absolute Gasteiger partial charge is 0.123 e. The molecule has 1 aliphatic heterocycles. The molecule has 0 N–H and O–H groups in total. The van der Waals surface area contributed by atoms with Crippen molar-refractivity contribution in [2.24, 2.45) is 0 Å². The molecule has 6 rings (SSSR count). The fourth-order valence-corrected chi connectivity index (χ4v) is 7.55. The van der Waals surface area contributed by atoms with E-state index < -0.39 is 0 Å². The van der Waals surface area contributed by atoms with Gasteiger partial charge in [0.25, 0.3) is 0 Å². The van der Waals surface area contributed by atoms with E-state index in [2.05, 4.69) is 109 Å². The summed E-state index contributed by atoms with van der Waals surface area (Å²) in [6.07, 6.45) is 3.43. The maximum absolute atomic E-state index is 6.22. The van der Waals surface area contributed by atoms with Crippen molar-refractivity contribution in [2.75, 3.05) is 46.4 Å². The van der Waals surface area contributed by atoms with Gasteiger partial charge >= 0.3 is 0 Å². The molecule has 0 atom stereocenters. The summed E-state index contributed by atoms with van der Waals surface area (Å²) in [5.41, 5.74) is 6.17. The highest BCUT2D eigenvalue weighted by Crippen LogP contribution is 2.42. The number of rotatable bonds is 15. The van der Waals surface area contributed by atoms with Crippen LogP contribution in [0.4, 0.5) is 0 Å². The number of likely N-dealkylation sites (tertiary alicyclic amines) is 1. The van der Waals surface area contributed by atoms with Gasteiger partial charge in [0.1, 0.15) is 30.5 Å². The van der Waals surface area contributed by atoms with Gasteiger partial charge < -0.3 is 14.2 Å². The molecule has 46 heavy (non-hydrogen) atoms. The van der Waals surface area contributed by atoms with E-state index in [9.17, 15) is 0 Å². The highest BCUT2D eigenvalue weighted by molar-refractivity contribution is 7.22. The van der Waals surface area contributed by atoms with Crippen LogP contribution >= 0.6 is 11.3 Å². The highest BCUT2D eigenvalue weighted by Gasteiger charge is 2.18. The number of hydrogen-bond donors (Lipinski definition) is 0. The summed E-state index contributed by atoms with van der Waals surface area (Å²) in [4.78, 5) is 6.19. The Balaban J connectivity index is 1.27. The van der Waals surface area contributed by atoms with E-state index >= 15 is 0 Å². The van der Waals surface area contributed by atoms with Crippen LogP contribution in [0.5, 0.6) is 17.2 Å². The van der Waals surface area contributed by atoms with Gasteiger partial charge in [-0.25, -0.2) is 0 Å². The van der Waals surface area contributed by atoms with Crippen molar-refractivity contribution in [3.63, 3.8) is 0 Å². The van der Waals surface area contributed by atoms with Gasteiger partial charge in [-0.1, -0.05) is 56.3 Å². The molecule has 0 radical (unpaired) electrons. The summed E-state index contributed by atoms with van der Waals surface area (Å²) in [5, 5.41) is 1.27. The first kappa shape index (κ1) is 32.1. The average Bonchev–Trinajstić information content (AvgIpc) is 3.75. The number of ether oxygens (including phenoxy) is 3. The summed E-state index contributed by atoms with van der Waals surface area (Å²) in [5.74, 6) is 2.77. The van der Waals surface area contributed by atoms with Crippen LogP contribution in [0.15, 0.2) is 91.0 Å². The molecule has 1 aromatic heterocycles. The van der Waals surface area contributed by atoms with Gasteiger partial charge in [0.05, 0.1) is 7.11 Å². The largest absolute Gasteiger partial charge is 0.496 e. The fourth-order valence-electron chi connectivity index (χ4n) is 6.29. The van der Waals surface area contributed by atoms with Gasteiger partial charge in [-0.15, -0.1) is 11.3 Å². The molecule has 0 spiro atoms. The van der Waals surface area contributed by atoms with Crippen LogP contribution in [0.1, 0.15) is 48.9 Å². The topological polar surface area (TPSA) is 34.2 Å². The van der Waals surface area contributed by atoms with Gasteiger partial charge in [-0.3, -0.25) is 9.80 Å². The fraction of sp³-hybridized carbons (Fsp3) is 0.350. The standard InChI is InChI=1S/C40H46N2O3S/c1-4-41(5-2)28-33-14-13-31(26-38(33)43-3)25-37-36-20-19-35(45-29-30-11-7-6-8-12-30)27-39(36)46-40(37)32-15-17-34(18-16-32)44-24-23-42-21-9-10-22-42/h6-8,11-20,26-27H,4-5,9-10,21-25,28-29H2,1-3H3. The normalized spacial score (nSPS) is 13.5. The zero-order chi connectivity index (χ0) is 31.7. The zero-order valence-electron chi connectivity index (χ0n) is 27.5. The number of hydrogen-bond acceptors (Lipinski definition) is 6. The van der Waals surface area contributed by atoms with Gasteiger partial charge in [-0.2, -0.15) is 0 Å². The first-order valence-corrected chi connectivity index (χ1v) is 17.5. The van der Waals surface area contributed by atoms with E-state index in [0.29, 0.717) is 6.61 Å². The molecule has 0 saturated carbocycles. The molecule has 0 aliphatic carbocycles. The lowest BCUT2D eigenvalue weighted by molar-refractivity contribution is 0.238. The summed E-state index contributed by atoms with van der Waals surface area (Å²) < 4.78 is 19.5. The lowest BCUT2D eigenvalue weighted by Gasteiger charge is -2.20.